The van der Waals surface area contributed by atoms with Crippen LogP contribution in [-0.2, 0) is 6.54 Å². The van der Waals surface area contributed by atoms with Gasteiger partial charge in [-0.1, -0.05) is 0 Å². The number of aromatic amines is 1. The normalized spacial score (nSPS) is 10.5. The summed E-state index contributed by atoms with van der Waals surface area (Å²) < 4.78 is 13.3. The highest BCUT2D eigenvalue weighted by molar-refractivity contribution is 5.94. The summed E-state index contributed by atoms with van der Waals surface area (Å²) in [5.41, 5.74) is 1.04. The predicted molar refractivity (Wildman–Crippen MR) is 68.1 cm³/mol. The van der Waals surface area contributed by atoms with E-state index in [1.165, 1.54) is 17.0 Å². The summed E-state index contributed by atoms with van der Waals surface area (Å²) in [6.45, 7) is 3.81. The first-order chi connectivity index (χ1) is 8.95. The number of carbonyl (C=O) groups is 1. The van der Waals surface area contributed by atoms with Crippen LogP contribution in [0.5, 0.6) is 0 Å². The van der Waals surface area contributed by atoms with E-state index in [1.807, 2.05) is 0 Å². The van der Waals surface area contributed by atoms with Crippen molar-refractivity contribution in [1.82, 2.24) is 20.1 Å². The predicted octanol–water partition coefficient (Wildman–Crippen LogP) is 1.83. The van der Waals surface area contributed by atoms with E-state index in [0.717, 1.165) is 0 Å². The van der Waals surface area contributed by atoms with Gasteiger partial charge in [-0.25, -0.2) is 9.37 Å². The number of hydrogen-bond acceptors (Lipinski definition) is 3. The molecule has 0 atom stereocenters. The molecule has 1 aromatic carbocycles. The van der Waals surface area contributed by atoms with Gasteiger partial charge < -0.3 is 4.90 Å². The third-order valence-electron chi connectivity index (χ3n) is 2.66. The zero-order valence-electron chi connectivity index (χ0n) is 11.1. The van der Waals surface area contributed by atoms with Crippen LogP contribution >= 0.6 is 0 Å². The highest BCUT2D eigenvalue weighted by Gasteiger charge is 2.15. The first-order valence-electron chi connectivity index (χ1n) is 5.86. The molecule has 100 valence electrons. The molecule has 0 unspecified atom stereocenters. The minimum atomic E-state index is -0.412. The summed E-state index contributed by atoms with van der Waals surface area (Å²) >= 11 is 0. The molecule has 0 spiro atoms. The fourth-order valence-electron chi connectivity index (χ4n) is 1.82. The maximum atomic E-state index is 13.3. The molecule has 0 saturated heterocycles. The van der Waals surface area contributed by atoms with Crippen LogP contribution in [0.2, 0.25) is 0 Å². The number of benzene rings is 1. The molecule has 0 aliphatic heterocycles. The van der Waals surface area contributed by atoms with E-state index >= 15 is 0 Å². The molecule has 5 nitrogen and oxygen atoms in total. The Bertz CT molecular complexity index is 588. The van der Waals surface area contributed by atoms with Crippen LogP contribution in [0.1, 0.15) is 27.6 Å². The number of rotatable bonds is 3. The van der Waals surface area contributed by atoms with Gasteiger partial charge in [-0.3, -0.25) is 9.89 Å². The van der Waals surface area contributed by atoms with Crippen LogP contribution in [0.4, 0.5) is 4.39 Å². The van der Waals surface area contributed by atoms with E-state index in [0.29, 0.717) is 22.8 Å². The minimum Gasteiger partial charge on any atom is -0.334 e. The number of nitrogens with one attached hydrogen (secondary N) is 1. The van der Waals surface area contributed by atoms with Gasteiger partial charge in [0.2, 0.25) is 0 Å². The lowest BCUT2D eigenvalue weighted by atomic mass is 10.1. The summed E-state index contributed by atoms with van der Waals surface area (Å²) in [5, 5.41) is 6.67. The van der Waals surface area contributed by atoms with Crippen molar-refractivity contribution < 1.29 is 9.18 Å². The van der Waals surface area contributed by atoms with Crippen molar-refractivity contribution in [2.24, 2.45) is 0 Å². The number of aryl methyl sites for hydroxylation is 2. The smallest absolute Gasteiger partial charge is 0.254 e. The number of halogens is 1. The van der Waals surface area contributed by atoms with Crippen molar-refractivity contribution in [3.63, 3.8) is 0 Å². The summed E-state index contributed by atoms with van der Waals surface area (Å²) in [7, 11) is 1.63. The summed E-state index contributed by atoms with van der Waals surface area (Å²) in [6, 6.07) is 4.27. The second kappa shape index (κ2) is 5.17. The molecule has 1 amide bonds. The maximum Gasteiger partial charge on any atom is 0.254 e. The van der Waals surface area contributed by atoms with Gasteiger partial charge in [-0.15, -0.1) is 0 Å². The van der Waals surface area contributed by atoms with Gasteiger partial charge in [0.25, 0.3) is 5.91 Å². The third-order valence-corrected chi connectivity index (χ3v) is 2.66. The average molecular weight is 262 g/mol. The highest BCUT2D eigenvalue weighted by atomic mass is 19.1. The molecule has 6 heteroatoms. The molecule has 1 N–H and O–H groups in total. The van der Waals surface area contributed by atoms with Crippen LogP contribution in [-0.4, -0.2) is 33.0 Å². The third kappa shape index (κ3) is 3.15. The average Bonchev–Trinajstić information content (AvgIpc) is 2.72. The molecule has 1 heterocycles. The van der Waals surface area contributed by atoms with Crippen LogP contribution in [0.15, 0.2) is 18.2 Å². The number of H-pyrrole nitrogens is 1. The molecule has 0 radical (unpaired) electrons. The first-order valence-corrected chi connectivity index (χ1v) is 5.86. The molecule has 0 aliphatic rings. The van der Waals surface area contributed by atoms with Gasteiger partial charge in [0, 0.05) is 12.6 Å². The van der Waals surface area contributed by atoms with E-state index in [-0.39, 0.29) is 12.5 Å². The summed E-state index contributed by atoms with van der Waals surface area (Å²) in [4.78, 5) is 17.7. The summed E-state index contributed by atoms with van der Waals surface area (Å²) in [6.07, 6.45) is 0. The second-order valence-corrected chi connectivity index (χ2v) is 4.52. The quantitative estimate of drug-likeness (QED) is 0.918. The van der Waals surface area contributed by atoms with Gasteiger partial charge in [-0.2, -0.15) is 5.10 Å². The number of aromatic nitrogens is 3. The van der Waals surface area contributed by atoms with E-state index in [4.69, 9.17) is 0 Å². The van der Waals surface area contributed by atoms with Crippen molar-refractivity contribution in [2.45, 2.75) is 20.4 Å². The standard InChI is InChI=1S/C13H15FN4O/c1-8-4-10(6-11(14)5-8)13(19)18(3)7-12-15-9(2)16-17-12/h4-6H,7H2,1-3H3,(H,15,16,17). The van der Waals surface area contributed by atoms with Crippen LogP contribution in [0.25, 0.3) is 0 Å². The topological polar surface area (TPSA) is 61.9 Å². The van der Waals surface area contributed by atoms with Gasteiger partial charge in [0.1, 0.15) is 11.6 Å². The Morgan fingerprint density at radius 3 is 2.68 bits per heavy atom. The molecule has 0 aliphatic carbocycles. The van der Waals surface area contributed by atoms with E-state index < -0.39 is 5.82 Å². The van der Waals surface area contributed by atoms with Crippen molar-refractivity contribution in [3.05, 3.63) is 46.8 Å². The molecule has 19 heavy (non-hydrogen) atoms. The maximum absolute atomic E-state index is 13.3. The Morgan fingerprint density at radius 2 is 2.11 bits per heavy atom. The van der Waals surface area contributed by atoms with Crippen LogP contribution in [0.3, 0.4) is 0 Å². The molecule has 1 aromatic heterocycles. The fraction of sp³-hybridized carbons (Fsp3) is 0.308. The fourth-order valence-corrected chi connectivity index (χ4v) is 1.82. The summed E-state index contributed by atoms with van der Waals surface area (Å²) in [5.74, 6) is 0.550. The Balaban J connectivity index is 2.14. The zero-order valence-corrected chi connectivity index (χ0v) is 11.1. The van der Waals surface area contributed by atoms with Gasteiger partial charge in [-0.05, 0) is 37.6 Å². The molecule has 0 bridgehead atoms. The lowest BCUT2D eigenvalue weighted by Gasteiger charge is -2.15. The lowest BCUT2D eigenvalue weighted by Crippen LogP contribution is -2.27. The molecule has 0 saturated carbocycles. The van der Waals surface area contributed by atoms with E-state index in [9.17, 15) is 9.18 Å². The molecule has 2 rings (SSSR count). The molecular weight excluding hydrogens is 247 g/mol. The van der Waals surface area contributed by atoms with E-state index in [2.05, 4.69) is 15.2 Å². The number of amides is 1. The van der Waals surface area contributed by atoms with Crippen LogP contribution in [0, 0.1) is 19.7 Å². The monoisotopic (exact) mass is 262 g/mol. The van der Waals surface area contributed by atoms with Crippen LogP contribution < -0.4 is 0 Å². The highest BCUT2D eigenvalue weighted by Crippen LogP contribution is 2.11. The Morgan fingerprint density at radius 1 is 1.37 bits per heavy atom. The molecule has 2 aromatic rings. The van der Waals surface area contributed by atoms with Crippen molar-refractivity contribution >= 4 is 5.91 Å². The Hall–Kier alpha value is -2.24. The Kier molecular flexibility index (Phi) is 3.59. The van der Waals surface area contributed by atoms with Gasteiger partial charge in [0.05, 0.1) is 6.54 Å². The van der Waals surface area contributed by atoms with Crippen molar-refractivity contribution in [3.8, 4) is 0 Å². The number of hydrogen-bond donors (Lipinski definition) is 1. The SMILES string of the molecule is Cc1cc(F)cc(C(=O)N(C)Cc2n[nH]c(C)n2)c1. The van der Waals surface area contributed by atoms with E-state index in [1.54, 1.807) is 27.0 Å². The minimum absolute atomic E-state index is 0.259. The lowest BCUT2D eigenvalue weighted by molar-refractivity contribution is 0.0781. The van der Waals surface area contributed by atoms with Gasteiger partial charge in [0.15, 0.2) is 5.82 Å². The number of nitrogens with zero attached hydrogens (tertiary/aromatic N) is 3. The molecular formula is C13H15FN4O. The van der Waals surface area contributed by atoms with Crippen molar-refractivity contribution in [1.29, 1.82) is 0 Å². The van der Waals surface area contributed by atoms with Crippen molar-refractivity contribution in [2.75, 3.05) is 7.05 Å². The largest absolute Gasteiger partial charge is 0.334 e. The number of carbonyl (C=O) groups excluding carboxylic acids is 1. The molecule has 0 fully saturated rings. The Labute approximate surface area is 110 Å². The zero-order chi connectivity index (χ0) is 14.0. The first kappa shape index (κ1) is 13.2. The van der Waals surface area contributed by atoms with Gasteiger partial charge >= 0.3 is 0 Å². The second-order valence-electron chi connectivity index (χ2n) is 4.52.